The highest BCUT2D eigenvalue weighted by Crippen LogP contribution is 2.12. The Morgan fingerprint density at radius 3 is 2.47 bits per heavy atom. The molecule has 1 aromatic carbocycles. The standard InChI is InChI=1S/C13H21NO/c1-3-12(4-2)15-10-9-11-7-5-6-8-13(11)14/h5-8,12H,3-4,9-10,14H2,1-2H3. The highest BCUT2D eigenvalue weighted by molar-refractivity contribution is 5.46. The zero-order valence-electron chi connectivity index (χ0n) is 9.70. The second-order valence-corrected chi connectivity index (χ2v) is 3.76. The van der Waals surface area contributed by atoms with Crippen LogP contribution in [0.5, 0.6) is 0 Å². The molecule has 0 bridgehead atoms. The lowest BCUT2D eigenvalue weighted by atomic mass is 10.1. The van der Waals surface area contributed by atoms with E-state index in [9.17, 15) is 0 Å². The summed E-state index contributed by atoms with van der Waals surface area (Å²) in [6.07, 6.45) is 3.47. The maximum absolute atomic E-state index is 5.85. The van der Waals surface area contributed by atoms with Gasteiger partial charge in [0.05, 0.1) is 12.7 Å². The molecule has 0 heterocycles. The van der Waals surface area contributed by atoms with Crippen LogP contribution in [0.3, 0.4) is 0 Å². The smallest absolute Gasteiger partial charge is 0.0570 e. The number of hydrogen-bond donors (Lipinski definition) is 1. The van der Waals surface area contributed by atoms with Crippen LogP contribution in [0.2, 0.25) is 0 Å². The molecule has 0 aliphatic rings. The van der Waals surface area contributed by atoms with Gasteiger partial charge in [-0.25, -0.2) is 0 Å². The van der Waals surface area contributed by atoms with Crippen molar-refractivity contribution in [1.29, 1.82) is 0 Å². The molecule has 0 amide bonds. The quantitative estimate of drug-likeness (QED) is 0.728. The Kier molecular flexibility index (Phi) is 5.19. The highest BCUT2D eigenvalue weighted by Gasteiger charge is 2.03. The Morgan fingerprint density at radius 2 is 1.87 bits per heavy atom. The number of ether oxygens (including phenoxy) is 1. The van der Waals surface area contributed by atoms with Crippen molar-refractivity contribution in [2.75, 3.05) is 12.3 Å². The summed E-state index contributed by atoms with van der Waals surface area (Å²) >= 11 is 0. The summed E-state index contributed by atoms with van der Waals surface area (Å²) in [6, 6.07) is 7.97. The largest absolute Gasteiger partial charge is 0.399 e. The average molecular weight is 207 g/mol. The molecule has 0 saturated carbocycles. The minimum atomic E-state index is 0.398. The number of rotatable bonds is 6. The van der Waals surface area contributed by atoms with Crippen molar-refractivity contribution in [1.82, 2.24) is 0 Å². The van der Waals surface area contributed by atoms with Gasteiger partial charge in [0, 0.05) is 5.69 Å². The lowest BCUT2D eigenvalue weighted by Gasteiger charge is -2.14. The molecule has 2 heteroatoms. The van der Waals surface area contributed by atoms with E-state index < -0.39 is 0 Å². The summed E-state index contributed by atoms with van der Waals surface area (Å²) in [5.41, 5.74) is 7.90. The van der Waals surface area contributed by atoms with Crippen LogP contribution in [0.1, 0.15) is 32.3 Å². The van der Waals surface area contributed by atoms with E-state index in [2.05, 4.69) is 19.9 Å². The second-order valence-electron chi connectivity index (χ2n) is 3.76. The summed E-state index contributed by atoms with van der Waals surface area (Å²) in [6.45, 7) is 5.08. The first-order valence-corrected chi connectivity index (χ1v) is 5.72. The lowest BCUT2D eigenvalue weighted by Crippen LogP contribution is -2.12. The Labute approximate surface area is 92.4 Å². The molecule has 84 valence electrons. The van der Waals surface area contributed by atoms with Crippen LogP contribution in [0, 0.1) is 0 Å². The Bertz CT molecular complexity index is 282. The fourth-order valence-electron chi connectivity index (χ4n) is 1.62. The Balaban J connectivity index is 2.34. The molecule has 0 aliphatic carbocycles. The normalized spacial score (nSPS) is 10.9. The summed E-state index contributed by atoms with van der Waals surface area (Å²) in [5, 5.41) is 0. The van der Waals surface area contributed by atoms with Gasteiger partial charge in [-0.05, 0) is 30.9 Å². The molecule has 15 heavy (non-hydrogen) atoms. The average Bonchev–Trinajstić information content (AvgIpc) is 2.27. The van der Waals surface area contributed by atoms with Gasteiger partial charge in [-0.15, -0.1) is 0 Å². The predicted octanol–water partition coefficient (Wildman–Crippen LogP) is 3.02. The van der Waals surface area contributed by atoms with Crippen molar-refractivity contribution in [3.63, 3.8) is 0 Å². The van der Waals surface area contributed by atoms with Crippen LogP contribution in [0.25, 0.3) is 0 Å². The molecule has 0 aliphatic heterocycles. The number of nitrogens with two attached hydrogens (primary N) is 1. The monoisotopic (exact) mass is 207 g/mol. The van der Waals surface area contributed by atoms with Gasteiger partial charge in [0.2, 0.25) is 0 Å². The van der Waals surface area contributed by atoms with Crippen molar-refractivity contribution in [2.45, 2.75) is 39.2 Å². The van der Waals surface area contributed by atoms with E-state index in [1.165, 1.54) is 5.56 Å². The van der Waals surface area contributed by atoms with Gasteiger partial charge < -0.3 is 10.5 Å². The maximum Gasteiger partial charge on any atom is 0.0570 e. The Hall–Kier alpha value is -1.02. The Morgan fingerprint density at radius 1 is 1.20 bits per heavy atom. The fraction of sp³-hybridized carbons (Fsp3) is 0.538. The SMILES string of the molecule is CCC(CC)OCCc1ccccc1N. The van der Waals surface area contributed by atoms with E-state index in [1.54, 1.807) is 0 Å². The van der Waals surface area contributed by atoms with Crippen molar-refractivity contribution in [3.05, 3.63) is 29.8 Å². The first-order valence-electron chi connectivity index (χ1n) is 5.72. The van der Waals surface area contributed by atoms with Gasteiger partial charge >= 0.3 is 0 Å². The molecule has 0 fully saturated rings. The zero-order chi connectivity index (χ0) is 11.1. The number of hydrogen-bond acceptors (Lipinski definition) is 2. The molecule has 2 nitrogen and oxygen atoms in total. The van der Waals surface area contributed by atoms with E-state index in [-0.39, 0.29) is 0 Å². The van der Waals surface area contributed by atoms with Gasteiger partial charge in [0.15, 0.2) is 0 Å². The summed E-state index contributed by atoms with van der Waals surface area (Å²) in [4.78, 5) is 0. The molecule has 0 radical (unpaired) electrons. The van der Waals surface area contributed by atoms with Crippen LogP contribution in [-0.2, 0) is 11.2 Å². The predicted molar refractivity (Wildman–Crippen MR) is 64.9 cm³/mol. The molecule has 1 aromatic rings. The topological polar surface area (TPSA) is 35.2 Å². The first kappa shape index (κ1) is 12.1. The minimum Gasteiger partial charge on any atom is -0.399 e. The van der Waals surface area contributed by atoms with Gasteiger partial charge in [0.25, 0.3) is 0 Å². The van der Waals surface area contributed by atoms with Gasteiger partial charge in [-0.2, -0.15) is 0 Å². The summed E-state index contributed by atoms with van der Waals surface area (Å²) < 4.78 is 5.74. The van der Waals surface area contributed by atoms with E-state index in [1.807, 2.05) is 18.2 Å². The van der Waals surface area contributed by atoms with Crippen molar-refractivity contribution in [2.24, 2.45) is 0 Å². The minimum absolute atomic E-state index is 0.398. The molecule has 0 saturated heterocycles. The van der Waals surface area contributed by atoms with E-state index in [0.717, 1.165) is 31.6 Å². The molecule has 0 atom stereocenters. The van der Waals surface area contributed by atoms with Crippen molar-refractivity contribution < 1.29 is 4.74 Å². The zero-order valence-corrected chi connectivity index (χ0v) is 9.70. The molecular weight excluding hydrogens is 186 g/mol. The third kappa shape index (κ3) is 3.92. The van der Waals surface area contributed by atoms with Gasteiger partial charge in [-0.3, -0.25) is 0 Å². The summed E-state index contributed by atoms with van der Waals surface area (Å²) in [7, 11) is 0. The molecule has 1 rings (SSSR count). The number of para-hydroxylation sites is 1. The molecule has 2 N–H and O–H groups in total. The maximum atomic E-state index is 5.85. The molecule has 0 unspecified atom stereocenters. The van der Waals surface area contributed by atoms with E-state index in [4.69, 9.17) is 10.5 Å². The summed E-state index contributed by atoms with van der Waals surface area (Å²) in [5.74, 6) is 0. The van der Waals surface area contributed by atoms with Crippen LogP contribution in [0.15, 0.2) is 24.3 Å². The second kappa shape index (κ2) is 6.46. The number of nitrogen functional groups attached to an aromatic ring is 1. The van der Waals surface area contributed by atoms with Crippen LogP contribution < -0.4 is 5.73 Å². The lowest BCUT2D eigenvalue weighted by molar-refractivity contribution is 0.0504. The van der Waals surface area contributed by atoms with Gasteiger partial charge in [-0.1, -0.05) is 32.0 Å². The fourth-order valence-corrected chi connectivity index (χ4v) is 1.62. The van der Waals surface area contributed by atoms with E-state index in [0.29, 0.717) is 6.10 Å². The highest BCUT2D eigenvalue weighted by atomic mass is 16.5. The van der Waals surface area contributed by atoms with Crippen LogP contribution >= 0.6 is 0 Å². The third-order valence-electron chi connectivity index (χ3n) is 2.69. The van der Waals surface area contributed by atoms with Crippen LogP contribution in [-0.4, -0.2) is 12.7 Å². The number of benzene rings is 1. The molecular formula is C13H21NO. The van der Waals surface area contributed by atoms with Gasteiger partial charge in [0.1, 0.15) is 0 Å². The van der Waals surface area contributed by atoms with Crippen molar-refractivity contribution >= 4 is 5.69 Å². The van der Waals surface area contributed by atoms with Crippen LogP contribution in [0.4, 0.5) is 5.69 Å². The molecule has 0 spiro atoms. The van der Waals surface area contributed by atoms with Crippen molar-refractivity contribution in [3.8, 4) is 0 Å². The molecule has 0 aromatic heterocycles. The van der Waals surface area contributed by atoms with E-state index >= 15 is 0 Å². The first-order chi connectivity index (χ1) is 7.27. The number of anilines is 1. The third-order valence-corrected chi connectivity index (χ3v) is 2.69.